The zero-order valence-electron chi connectivity index (χ0n) is 11.8. The van der Waals surface area contributed by atoms with Gasteiger partial charge in [-0.05, 0) is 37.5 Å². The van der Waals surface area contributed by atoms with Gasteiger partial charge in [-0.2, -0.15) is 0 Å². The van der Waals surface area contributed by atoms with Crippen molar-refractivity contribution in [3.05, 3.63) is 0 Å². The second kappa shape index (κ2) is 6.39. The Kier molecular flexibility index (Phi) is 5.44. The van der Waals surface area contributed by atoms with E-state index in [1.807, 2.05) is 11.9 Å². The normalized spacial score (nSPS) is 29.4. The fraction of sp³-hybridized carbons (Fsp3) is 0.929. The highest BCUT2D eigenvalue weighted by Crippen LogP contribution is 2.28. The summed E-state index contributed by atoms with van der Waals surface area (Å²) in [5.41, 5.74) is 6.06. The Hall–Kier alpha value is -0.570. The van der Waals surface area contributed by atoms with Crippen molar-refractivity contribution >= 4 is 5.91 Å². The lowest BCUT2D eigenvalue weighted by molar-refractivity contribution is -0.135. The van der Waals surface area contributed by atoms with Crippen molar-refractivity contribution in [3.63, 3.8) is 0 Å². The predicted molar refractivity (Wildman–Crippen MR) is 71.6 cm³/mol. The van der Waals surface area contributed by atoms with Gasteiger partial charge in [-0.1, -0.05) is 20.8 Å². The van der Waals surface area contributed by atoms with Crippen LogP contribution in [0.5, 0.6) is 0 Å². The van der Waals surface area contributed by atoms with Crippen molar-refractivity contribution in [2.24, 2.45) is 23.5 Å². The molecule has 3 unspecified atom stereocenters. The summed E-state index contributed by atoms with van der Waals surface area (Å²) in [6.45, 7) is 7.44. The van der Waals surface area contributed by atoms with Crippen LogP contribution in [0.2, 0.25) is 0 Å². The lowest BCUT2D eigenvalue weighted by atomic mass is 9.79. The van der Waals surface area contributed by atoms with Crippen LogP contribution >= 0.6 is 0 Å². The average molecular weight is 240 g/mol. The molecule has 3 atom stereocenters. The van der Waals surface area contributed by atoms with Crippen LogP contribution in [0.1, 0.15) is 46.5 Å². The number of nitrogens with two attached hydrogens (primary N) is 1. The van der Waals surface area contributed by atoms with Gasteiger partial charge < -0.3 is 10.6 Å². The Morgan fingerprint density at radius 2 is 2.06 bits per heavy atom. The van der Waals surface area contributed by atoms with Gasteiger partial charge in [-0.15, -0.1) is 0 Å². The van der Waals surface area contributed by atoms with Gasteiger partial charge in [0.25, 0.3) is 0 Å². The zero-order valence-corrected chi connectivity index (χ0v) is 11.8. The van der Waals surface area contributed by atoms with Gasteiger partial charge in [0.05, 0.1) is 0 Å². The minimum absolute atomic E-state index is 0.165. The lowest BCUT2D eigenvalue weighted by Crippen LogP contribution is -2.42. The van der Waals surface area contributed by atoms with Crippen LogP contribution in [0.4, 0.5) is 0 Å². The molecule has 100 valence electrons. The van der Waals surface area contributed by atoms with Crippen molar-refractivity contribution in [1.29, 1.82) is 0 Å². The van der Waals surface area contributed by atoms with E-state index in [4.69, 9.17) is 5.73 Å². The van der Waals surface area contributed by atoms with E-state index in [-0.39, 0.29) is 12.0 Å². The number of carbonyl (C=O) groups is 1. The molecule has 0 bridgehead atoms. The van der Waals surface area contributed by atoms with Crippen LogP contribution in [-0.4, -0.2) is 30.4 Å². The second-order valence-corrected chi connectivity index (χ2v) is 6.09. The maximum absolute atomic E-state index is 12.2. The number of amides is 1. The van der Waals surface area contributed by atoms with Gasteiger partial charge in [0.1, 0.15) is 0 Å². The zero-order chi connectivity index (χ0) is 13.0. The molecule has 1 rings (SSSR count). The molecule has 1 aliphatic rings. The largest absolute Gasteiger partial charge is 0.346 e. The Labute approximate surface area is 106 Å². The molecular formula is C14H28N2O. The van der Waals surface area contributed by atoms with E-state index in [0.717, 1.165) is 32.2 Å². The average Bonchev–Trinajstić information content (AvgIpc) is 2.28. The minimum atomic E-state index is 0.165. The highest BCUT2D eigenvalue weighted by molar-refractivity contribution is 5.78. The Morgan fingerprint density at radius 1 is 1.41 bits per heavy atom. The number of rotatable bonds is 4. The molecular weight excluding hydrogens is 212 g/mol. The maximum atomic E-state index is 12.2. The molecule has 0 radical (unpaired) electrons. The Bertz CT molecular complexity index is 253. The molecule has 0 aromatic heterocycles. The van der Waals surface area contributed by atoms with Crippen molar-refractivity contribution < 1.29 is 4.79 Å². The SMILES string of the molecule is CC(C)CCN(C)C(=O)C1CCC(C)C(N)C1. The van der Waals surface area contributed by atoms with Crippen LogP contribution in [0, 0.1) is 17.8 Å². The van der Waals surface area contributed by atoms with Gasteiger partial charge in [-0.25, -0.2) is 0 Å². The Balaban J connectivity index is 2.41. The number of nitrogens with zero attached hydrogens (tertiary/aromatic N) is 1. The first-order valence-corrected chi connectivity index (χ1v) is 6.92. The van der Waals surface area contributed by atoms with E-state index in [9.17, 15) is 4.79 Å². The standard InChI is InChI=1S/C14H28N2O/c1-10(2)7-8-16(4)14(17)12-6-5-11(3)13(15)9-12/h10-13H,5-9,15H2,1-4H3. The van der Waals surface area contributed by atoms with Crippen LogP contribution in [0.25, 0.3) is 0 Å². The molecule has 1 aliphatic carbocycles. The Morgan fingerprint density at radius 3 is 2.59 bits per heavy atom. The summed E-state index contributed by atoms with van der Waals surface area (Å²) >= 11 is 0. The third-order valence-electron chi connectivity index (χ3n) is 4.03. The summed E-state index contributed by atoms with van der Waals surface area (Å²) < 4.78 is 0. The number of hydrogen-bond donors (Lipinski definition) is 1. The monoisotopic (exact) mass is 240 g/mol. The molecule has 0 saturated heterocycles. The van der Waals surface area contributed by atoms with Gasteiger partial charge in [-0.3, -0.25) is 4.79 Å². The van der Waals surface area contributed by atoms with Crippen LogP contribution in [0.3, 0.4) is 0 Å². The van der Waals surface area contributed by atoms with Crippen molar-refractivity contribution in [2.75, 3.05) is 13.6 Å². The fourth-order valence-electron chi connectivity index (χ4n) is 2.45. The van der Waals surface area contributed by atoms with E-state index >= 15 is 0 Å². The van der Waals surface area contributed by atoms with Crippen LogP contribution in [-0.2, 0) is 4.79 Å². The van der Waals surface area contributed by atoms with E-state index < -0.39 is 0 Å². The molecule has 3 nitrogen and oxygen atoms in total. The summed E-state index contributed by atoms with van der Waals surface area (Å²) in [6.07, 6.45) is 4.05. The predicted octanol–water partition coefficient (Wildman–Crippen LogP) is 2.25. The minimum Gasteiger partial charge on any atom is -0.346 e. The first-order valence-electron chi connectivity index (χ1n) is 6.92. The number of carbonyl (C=O) groups excluding carboxylic acids is 1. The first-order chi connectivity index (χ1) is 7.91. The quantitative estimate of drug-likeness (QED) is 0.819. The topological polar surface area (TPSA) is 46.3 Å². The van der Waals surface area contributed by atoms with Crippen molar-refractivity contribution in [3.8, 4) is 0 Å². The molecule has 0 aliphatic heterocycles. The summed E-state index contributed by atoms with van der Waals surface area (Å²) in [6, 6.07) is 0.205. The highest BCUT2D eigenvalue weighted by Gasteiger charge is 2.30. The lowest BCUT2D eigenvalue weighted by Gasteiger charge is -2.33. The van der Waals surface area contributed by atoms with Gasteiger partial charge >= 0.3 is 0 Å². The summed E-state index contributed by atoms with van der Waals surface area (Å²) in [5.74, 6) is 1.69. The molecule has 1 saturated carbocycles. The van der Waals surface area contributed by atoms with Gasteiger partial charge in [0.15, 0.2) is 0 Å². The maximum Gasteiger partial charge on any atom is 0.225 e. The molecule has 3 heteroatoms. The van der Waals surface area contributed by atoms with Crippen molar-refractivity contribution in [2.45, 2.75) is 52.5 Å². The molecule has 0 aromatic carbocycles. The van der Waals surface area contributed by atoms with E-state index in [0.29, 0.717) is 17.7 Å². The summed E-state index contributed by atoms with van der Waals surface area (Å²) in [4.78, 5) is 14.1. The van der Waals surface area contributed by atoms with E-state index in [1.54, 1.807) is 0 Å². The summed E-state index contributed by atoms with van der Waals surface area (Å²) in [5, 5.41) is 0. The first kappa shape index (κ1) is 14.5. The third kappa shape index (κ3) is 4.30. The van der Waals surface area contributed by atoms with E-state index in [2.05, 4.69) is 20.8 Å². The molecule has 0 aromatic rings. The molecule has 2 N–H and O–H groups in total. The van der Waals surface area contributed by atoms with E-state index in [1.165, 1.54) is 0 Å². The highest BCUT2D eigenvalue weighted by atomic mass is 16.2. The smallest absolute Gasteiger partial charge is 0.225 e. The van der Waals surface area contributed by atoms with Crippen molar-refractivity contribution in [1.82, 2.24) is 4.90 Å². The fourth-order valence-corrected chi connectivity index (χ4v) is 2.45. The third-order valence-corrected chi connectivity index (χ3v) is 4.03. The second-order valence-electron chi connectivity index (χ2n) is 6.09. The van der Waals surface area contributed by atoms with Crippen LogP contribution in [0.15, 0.2) is 0 Å². The molecule has 0 heterocycles. The summed E-state index contributed by atoms with van der Waals surface area (Å²) in [7, 11) is 1.92. The molecule has 1 fully saturated rings. The molecule has 1 amide bonds. The molecule has 17 heavy (non-hydrogen) atoms. The van der Waals surface area contributed by atoms with Crippen LogP contribution < -0.4 is 5.73 Å². The number of hydrogen-bond acceptors (Lipinski definition) is 2. The molecule has 0 spiro atoms. The van der Waals surface area contributed by atoms with Gasteiger partial charge in [0.2, 0.25) is 5.91 Å². The van der Waals surface area contributed by atoms with Gasteiger partial charge in [0, 0.05) is 25.6 Å².